The number of ether oxygens (including phenoxy) is 5. The molecule has 774 valence electrons. The van der Waals surface area contributed by atoms with Crippen LogP contribution in [0.25, 0.3) is 0 Å². The molecule has 6 aromatic rings. The number of benzene rings is 6. The van der Waals surface area contributed by atoms with Gasteiger partial charge in [-0.05, 0) is 270 Å². The van der Waals surface area contributed by atoms with Crippen molar-refractivity contribution < 1.29 is 23.7 Å². The lowest BCUT2D eigenvalue weighted by Gasteiger charge is -2.35. The molecule has 2 atom stereocenters. The number of piperazine rings is 3. The SMILES string of the molecule is CC(C)CNc1cc(N(C)C)ccc1C(C)(C)C.CC(C)CNc1cc(N2CCN(C)CC2)ccc1C(C)(C)C.CC(C)N1CCC(Cc2ccc(C(C)(C)C)c(NC3CCOCC3)c2)CC1.CCC(COC)Nc1cc(N2CCN(C)CC2)ccc1C(C)(C)C.CN(C)CCOc1ccc(C(C)(C)C)c(NC2CCOCC2)c1.COCC(C)Nc1cc(N2CCN(C)CC2)ccc1C(C)(C)C. The molecule has 0 aliphatic carbocycles. The summed E-state index contributed by atoms with van der Waals surface area (Å²) >= 11 is 0. The number of piperidine rings is 1. The van der Waals surface area contributed by atoms with Crippen LogP contribution in [-0.2, 0) is 57.9 Å². The molecule has 20 heteroatoms. The first-order valence-electron chi connectivity index (χ1n) is 52.9. The van der Waals surface area contributed by atoms with Crippen molar-refractivity contribution in [1.29, 1.82) is 0 Å². The molecule has 0 aromatic heterocycles. The molecule has 6 heterocycles. The zero-order valence-corrected chi connectivity index (χ0v) is 93.7. The van der Waals surface area contributed by atoms with Crippen molar-refractivity contribution in [2.45, 2.75) is 294 Å². The van der Waals surface area contributed by atoms with E-state index in [0.717, 1.165) is 175 Å². The van der Waals surface area contributed by atoms with Gasteiger partial charge in [0.2, 0.25) is 0 Å². The van der Waals surface area contributed by atoms with Crippen LogP contribution >= 0.6 is 0 Å². The fourth-order valence-corrected chi connectivity index (χ4v) is 18.6. The molecule has 20 nitrogen and oxygen atoms in total. The Morgan fingerprint density at radius 1 is 0.394 bits per heavy atom. The van der Waals surface area contributed by atoms with Crippen molar-refractivity contribution >= 4 is 56.9 Å². The third-order valence-electron chi connectivity index (χ3n) is 27.4. The summed E-state index contributed by atoms with van der Waals surface area (Å²) in [7, 11) is 18.4. The number of hydrogen-bond donors (Lipinski definition) is 6. The van der Waals surface area contributed by atoms with E-state index in [1.165, 1.54) is 128 Å². The van der Waals surface area contributed by atoms with Crippen molar-refractivity contribution in [2.75, 3.05) is 273 Å². The van der Waals surface area contributed by atoms with Gasteiger partial charge in [0, 0.05) is 246 Å². The number of anilines is 10. The van der Waals surface area contributed by atoms with Crippen LogP contribution in [0.1, 0.15) is 264 Å². The van der Waals surface area contributed by atoms with E-state index in [1.54, 1.807) is 14.2 Å². The summed E-state index contributed by atoms with van der Waals surface area (Å²) in [6.45, 7) is 83.5. The van der Waals surface area contributed by atoms with E-state index in [-0.39, 0.29) is 32.5 Å². The van der Waals surface area contributed by atoms with Gasteiger partial charge >= 0.3 is 0 Å². The van der Waals surface area contributed by atoms with Crippen molar-refractivity contribution in [3.63, 3.8) is 0 Å². The van der Waals surface area contributed by atoms with Crippen molar-refractivity contribution in [2.24, 2.45) is 17.8 Å². The second kappa shape index (κ2) is 55.4. The fourth-order valence-electron chi connectivity index (χ4n) is 18.6. The van der Waals surface area contributed by atoms with Crippen LogP contribution in [0, 0.1) is 17.8 Å². The second-order valence-corrected chi connectivity index (χ2v) is 48.0. The quantitative estimate of drug-likeness (QED) is 0.0254. The van der Waals surface area contributed by atoms with Gasteiger partial charge in [-0.25, -0.2) is 0 Å². The Labute approximate surface area is 838 Å². The average molecular weight is 1900 g/mol. The zero-order chi connectivity index (χ0) is 101. The molecule has 0 saturated carbocycles. The lowest BCUT2D eigenvalue weighted by molar-refractivity contribution is 0.0903. The average Bonchev–Trinajstić information content (AvgIpc) is 0.818. The molecule has 6 aliphatic rings. The molecule has 6 fully saturated rings. The minimum Gasteiger partial charge on any atom is -0.492 e. The third kappa shape index (κ3) is 40.2. The van der Waals surface area contributed by atoms with Crippen LogP contribution in [0.5, 0.6) is 5.75 Å². The maximum absolute atomic E-state index is 5.91. The molecule has 6 aromatic carbocycles. The normalized spacial score (nSPS) is 17.4. The highest BCUT2D eigenvalue weighted by Gasteiger charge is 2.31. The summed E-state index contributed by atoms with van der Waals surface area (Å²) < 4.78 is 27.6. The number of nitrogens with one attached hydrogen (secondary N) is 6. The summed E-state index contributed by atoms with van der Waals surface area (Å²) in [6.07, 6.45) is 9.30. The Morgan fingerprint density at radius 3 is 1.12 bits per heavy atom. The van der Waals surface area contributed by atoms with Crippen LogP contribution in [0.4, 0.5) is 56.9 Å². The smallest absolute Gasteiger partial charge is 0.121 e. The summed E-state index contributed by atoms with van der Waals surface area (Å²) in [5, 5.41) is 22.2. The minimum atomic E-state index is 0.107. The minimum absolute atomic E-state index is 0.107. The van der Waals surface area contributed by atoms with E-state index in [2.05, 4.69) is 415 Å². The lowest BCUT2D eigenvalue weighted by Crippen LogP contribution is -2.44. The van der Waals surface area contributed by atoms with Gasteiger partial charge in [-0.2, -0.15) is 0 Å². The first-order valence-corrected chi connectivity index (χ1v) is 52.9. The zero-order valence-electron chi connectivity index (χ0n) is 93.7. The number of rotatable bonds is 30. The van der Waals surface area contributed by atoms with Gasteiger partial charge in [0.25, 0.3) is 0 Å². The number of methoxy groups -OCH3 is 2. The van der Waals surface area contributed by atoms with E-state index < -0.39 is 0 Å². The summed E-state index contributed by atoms with van der Waals surface area (Å²) in [5.41, 5.74) is 23.5. The maximum Gasteiger partial charge on any atom is 0.121 e. The first-order chi connectivity index (χ1) is 64.3. The van der Waals surface area contributed by atoms with Gasteiger partial charge in [0.1, 0.15) is 12.4 Å². The molecule has 137 heavy (non-hydrogen) atoms. The number of likely N-dealkylation sites (N-methyl/N-ethyl adjacent to an activating group) is 4. The molecule has 6 aliphatic heterocycles. The highest BCUT2D eigenvalue weighted by molar-refractivity contribution is 5.69. The highest BCUT2D eigenvalue weighted by atomic mass is 16.5. The number of likely N-dealkylation sites (tertiary alicyclic amines) is 1. The van der Waals surface area contributed by atoms with E-state index in [1.807, 2.05) is 0 Å². The maximum atomic E-state index is 5.91. The van der Waals surface area contributed by atoms with Gasteiger partial charge in [-0.1, -0.05) is 202 Å². The van der Waals surface area contributed by atoms with E-state index in [9.17, 15) is 0 Å². The summed E-state index contributed by atoms with van der Waals surface area (Å²) in [6, 6.07) is 43.5. The second-order valence-electron chi connectivity index (χ2n) is 48.0. The Bertz CT molecular complexity index is 4400. The van der Waals surface area contributed by atoms with Crippen molar-refractivity contribution in [3.8, 4) is 5.75 Å². The summed E-state index contributed by atoms with van der Waals surface area (Å²) in [5.74, 6) is 3.08. The predicted octanol–water partition coefficient (Wildman–Crippen LogP) is 23.4. The highest BCUT2D eigenvalue weighted by Crippen LogP contribution is 2.41. The lowest BCUT2D eigenvalue weighted by atomic mass is 9.83. The molecule has 0 spiro atoms. The van der Waals surface area contributed by atoms with E-state index >= 15 is 0 Å². The van der Waals surface area contributed by atoms with Gasteiger partial charge in [-0.15, -0.1) is 0 Å². The van der Waals surface area contributed by atoms with Gasteiger partial charge in [-0.3, -0.25) is 0 Å². The Hall–Kier alpha value is -7.24. The molecule has 2 unspecified atom stereocenters. The van der Waals surface area contributed by atoms with Gasteiger partial charge in [0.15, 0.2) is 0 Å². The van der Waals surface area contributed by atoms with Crippen LogP contribution in [0.2, 0.25) is 0 Å². The van der Waals surface area contributed by atoms with Crippen LogP contribution in [-0.4, -0.2) is 276 Å². The standard InChI is InChI=1S/C24H40N2O.C20H35N3O.C19H33N3O.C19H33N3.C19H32N2O2.C16H28N2/c1-18(2)26-12-8-19(9-13-26)16-20-6-7-22(24(3,4)5)23(17-20)25-21-10-14-27-15-11-21;1-7-16(15-24-6)21-19-14-17(8-9-18(19)20(2,3)4)23-12-10-22(5)11-13-23;1-15(14-23-6)20-18-13-16(7-8-17(18)19(2,3)4)22-11-9-21(5)10-12-22;1-15(2)14-20-18-13-16(7-8-17(18)19(3,4)5)22-11-9-21(6)10-12-22;1-19(2,3)17-7-6-16(23-13-10-21(4)5)14-18(17)20-15-8-11-22-12-9-15;1-12(2)11-17-15-10-13(18(6)7)8-9-14(15)16(3,4)5/h6-7,17-19,21,25H,8-16H2,1-5H3;8-9,14,16,21H,7,10-13,15H2,1-6H3;7-8,13,15,20H,9-12,14H2,1-6H3;7-8,13,15,20H,9-12,14H2,1-6H3;6-7,14-15,20H,8-13H2,1-5H3;8-10,12,17H,11H2,1-7H3. The summed E-state index contributed by atoms with van der Waals surface area (Å²) in [4.78, 5) is 21.6. The molecule has 0 bridgehead atoms. The molecule has 0 amide bonds. The molecular formula is C117H201N15O5. The fraction of sp³-hybridized carbons (Fsp3) is 0.692. The largest absolute Gasteiger partial charge is 0.492 e. The van der Waals surface area contributed by atoms with E-state index in [4.69, 9.17) is 23.7 Å². The number of nitrogens with zero attached hydrogens (tertiary/aromatic N) is 9. The van der Waals surface area contributed by atoms with E-state index in [0.29, 0.717) is 55.3 Å². The monoisotopic (exact) mass is 1900 g/mol. The first kappa shape index (κ1) is 117. The molecule has 6 N–H and O–H groups in total. The topological polar surface area (TPSA) is 147 Å². The Balaban J connectivity index is 0.000000225. The molecular weight excluding hydrogens is 1700 g/mol. The van der Waals surface area contributed by atoms with Gasteiger partial charge < -0.3 is 99.7 Å². The predicted molar refractivity (Wildman–Crippen MR) is 598 cm³/mol. The Kier molecular flexibility index (Phi) is 47.2. The van der Waals surface area contributed by atoms with Crippen LogP contribution in [0.15, 0.2) is 109 Å². The third-order valence-corrected chi connectivity index (χ3v) is 27.4. The molecule has 6 saturated heterocycles. The van der Waals surface area contributed by atoms with Crippen molar-refractivity contribution in [1.82, 2.24) is 24.5 Å². The molecule has 12 rings (SSSR count). The van der Waals surface area contributed by atoms with Gasteiger partial charge in [0.05, 0.1) is 13.2 Å². The number of hydrogen-bond acceptors (Lipinski definition) is 20. The molecule has 0 radical (unpaired) electrons. The Morgan fingerprint density at radius 2 is 0.752 bits per heavy atom. The van der Waals surface area contributed by atoms with Crippen LogP contribution < -0.4 is 56.2 Å². The van der Waals surface area contributed by atoms with Crippen molar-refractivity contribution in [3.05, 3.63) is 148 Å². The van der Waals surface area contributed by atoms with Crippen LogP contribution in [0.3, 0.4) is 0 Å².